The first-order valence-corrected chi connectivity index (χ1v) is 12.0. The number of benzene rings is 3. The Hall–Kier alpha value is -5.16. The summed E-state index contributed by atoms with van der Waals surface area (Å²) < 4.78 is 21.3. The maximum Gasteiger partial charge on any atom is 0.342 e. The number of rotatable bonds is 15. The highest BCUT2D eigenvalue weighted by Gasteiger charge is 2.18. The number of aliphatic carboxylic acids is 2. The number of hydrogen-bond acceptors (Lipinski definition) is 9. The number of carbonyl (C=O) groups excluding carboxylic acids is 2. The van der Waals surface area contributed by atoms with Crippen LogP contribution in [0, 0.1) is 0 Å². The first-order chi connectivity index (χ1) is 19.3. The largest absolute Gasteiger partial charge is 0.492 e. The van der Waals surface area contributed by atoms with Crippen molar-refractivity contribution in [1.29, 1.82) is 0 Å². The fraction of sp³-hybridized carbons (Fsp3) is 0.172. The second kappa shape index (κ2) is 14.7. The van der Waals surface area contributed by atoms with Gasteiger partial charge in [-0.25, -0.2) is 14.4 Å². The molecule has 11 heteroatoms. The Morgan fingerprint density at radius 3 is 2.17 bits per heavy atom. The van der Waals surface area contributed by atoms with Gasteiger partial charge in [-0.3, -0.25) is 4.79 Å². The Morgan fingerprint density at radius 2 is 1.48 bits per heavy atom. The molecule has 0 radical (unpaired) electrons. The number of carbonyl (C=O) groups is 4. The third kappa shape index (κ3) is 8.99. The molecule has 208 valence electrons. The molecule has 0 fully saturated rings. The van der Waals surface area contributed by atoms with Crippen molar-refractivity contribution >= 4 is 29.8 Å². The van der Waals surface area contributed by atoms with Crippen molar-refractivity contribution in [2.75, 3.05) is 26.4 Å². The first kappa shape index (κ1) is 29.4. The minimum Gasteiger partial charge on any atom is -0.492 e. The van der Waals surface area contributed by atoms with Crippen molar-refractivity contribution in [2.45, 2.75) is 6.61 Å². The Balaban J connectivity index is 1.87. The molecule has 3 rings (SSSR count). The Kier molecular flexibility index (Phi) is 10.8. The molecule has 0 aliphatic rings. The molecule has 0 amide bonds. The van der Waals surface area contributed by atoms with Crippen LogP contribution in [0.1, 0.15) is 31.8 Å². The minimum atomic E-state index is -1.37. The maximum absolute atomic E-state index is 13.2. The van der Waals surface area contributed by atoms with Crippen molar-refractivity contribution in [3.63, 3.8) is 0 Å². The van der Waals surface area contributed by atoms with Crippen molar-refractivity contribution < 1.29 is 48.3 Å². The van der Waals surface area contributed by atoms with Gasteiger partial charge in [0.05, 0.1) is 5.56 Å². The summed E-state index contributed by atoms with van der Waals surface area (Å²) in [5.41, 5.74) is 6.80. The van der Waals surface area contributed by atoms with E-state index in [1.54, 1.807) is 18.2 Å². The fourth-order valence-corrected chi connectivity index (χ4v) is 3.37. The van der Waals surface area contributed by atoms with E-state index in [4.69, 9.17) is 34.9 Å². The molecule has 40 heavy (non-hydrogen) atoms. The van der Waals surface area contributed by atoms with Crippen LogP contribution in [0.5, 0.6) is 17.2 Å². The predicted molar refractivity (Wildman–Crippen MR) is 143 cm³/mol. The van der Waals surface area contributed by atoms with Gasteiger partial charge in [-0.2, -0.15) is 0 Å². The third-order valence-corrected chi connectivity index (χ3v) is 5.17. The standard InChI is InChI=1S/C29H27NO10/c30-12-13-37-21-8-11-25(38-16-20-4-2-1-3-5-20)22(15-21)24(31)9-6-19-7-10-26(39-17-27(32)33)23(14-19)29(36)40-18-28(34)35/h1-11,14-15H,12-13,16-18,30H2,(H,32,33)(H,34,35)/b9-6+. The van der Waals surface area contributed by atoms with Crippen molar-refractivity contribution in [1.82, 2.24) is 0 Å². The lowest BCUT2D eigenvalue weighted by atomic mass is 10.1. The number of hydrogen-bond donors (Lipinski definition) is 3. The summed E-state index contributed by atoms with van der Waals surface area (Å²) >= 11 is 0. The van der Waals surface area contributed by atoms with Crippen molar-refractivity contribution in [3.05, 3.63) is 95.1 Å². The SMILES string of the molecule is NCCOc1ccc(OCc2ccccc2)c(C(=O)/C=C/c2ccc(OCC(=O)O)c(C(=O)OCC(=O)O)c2)c1. The molecule has 11 nitrogen and oxygen atoms in total. The van der Waals surface area contributed by atoms with Gasteiger partial charge in [0.1, 0.15) is 36.0 Å². The van der Waals surface area contributed by atoms with E-state index in [0.29, 0.717) is 23.6 Å². The van der Waals surface area contributed by atoms with Crippen LogP contribution in [0.3, 0.4) is 0 Å². The molecule has 0 saturated heterocycles. The van der Waals surface area contributed by atoms with E-state index >= 15 is 0 Å². The summed E-state index contributed by atoms with van der Waals surface area (Å²) in [6.07, 6.45) is 2.68. The van der Waals surface area contributed by atoms with Crippen LogP contribution < -0.4 is 19.9 Å². The second-order valence-corrected chi connectivity index (χ2v) is 8.17. The topological polar surface area (TPSA) is 172 Å². The van der Waals surface area contributed by atoms with Gasteiger partial charge in [0.15, 0.2) is 19.0 Å². The third-order valence-electron chi connectivity index (χ3n) is 5.17. The lowest BCUT2D eigenvalue weighted by molar-refractivity contribution is -0.140. The van der Waals surface area contributed by atoms with E-state index in [2.05, 4.69) is 0 Å². The molecule has 0 unspecified atom stereocenters. The van der Waals surface area contributed by atoms with Crippen LogP contribution in [0.25, 0.3) is 6.08 Å². The summed E-state index contributed by atoms with van der Waals surface area (Å²) in [6, 6.07) is 18.4. The number of esters is 1. The van der Waals surface area contributed by atoms with Crippen LogP contribution in [-0.4, -0.2) is 60.3 Å². The molecule has 0 aliphatic carbocycles. The average Bonchev–Trinajstić information content (AvgIpc) is 2.96. The number of carboxylic acid groups (broad SMARTS) is 2. The van der Waals surface area contributed by atoms with E-state index in [0.717, 1.165) is 5.56 Å². The summed E-state index contributed by atoms with van der Waals surface area (Å²) in [7, 11) is 0. The zero-order valence-corrected chi connectivity index (χ0v) is 21.3. The monoisotopic (exact) mass is 549 g/mol. The van der Waals surface area contributed by atoms with Gasteiger partial charge in [-0.15, -0.1) is 0 Å². The molecule has 3 aromatic rings. The van der Waals surface area contributed by atoms with Crippen LogP contribution in [0.4, 0.5) is 0 Å². The van der Waals surface area contributed by atoms with Gasteiger partial charge in [0.25, 0.3) is 0 Å². The van der Waals surface area contributed by atoms with Crippen molar-refractivity contribution in [2.24, 2.45) is 5.73 Å². The van der Waals surface area contributed by atoms with E-state index in [1.165, 1.54) is 30.4 Å². The molecule has 4 N–H and O–H groups in total. The molecular formula is C29H27NO10. The second-order valence-electron chi connectivity index (χ2n) is 8.17. The quantitative estimate of drug-likeness (QED) is 0.144. The highest BCUT2D eigenvalue weighted by atomic mass is 16.6. The maximum atomic E-state index is 13.2. The van der Waals surface area contributed by atoms with E-state index in [-0.39, 0.29) is 30.1 Å². The highest BCUT2D eigenvalue weighted by molar-refractivity contribution is 6.09. The molecule has 0 saturated carbocycles. The molecule has 0 heterocycles. The highest BCUT2D eigenvalue weighted by Crippen LogP contribution is 2.27. The predicted octanol–water partition coefficient (Wildman–Crippen LogP) is 3.20. The number of nitrogens with two attached hydrogens (primary N) is 1. The van der Waals surface area contributed by atoms with Crippen LogP contribution in [-0.2, 0) is 20.9 Å². The van der Waals surface area contributed by atoms with E-state index < -0.39 is 36.9 Å². The summed E-state index contributed by atoms with van der Waals surface area (Å²) in [5, 5.41) is 17.7. The van der Waals surface area contributed by atoms with Gasteiger partial charge in [0, 0.05) is 6.54 Å². The fourth-order valence-electron chi connectivity index (χ4n) is 3.37. The molecule has 0 aliphatic heterocycles. The summed E-state index contributed by atoms with van der Waals surface area (Å²) in [6.45, 7) is -0.859. The Bertz CT molecular complexity index is 1380. The molecule has 0 atom stereocenters. The average molecular weight is 550 g/mol. The zero-order chi connectivity index (χ0) is 28.9. The van der Waals surface area contributed by atoms with E-state index in [1.807, 2.05) is 30.3 Å². The van der Waals surface area contributed by atoms with E-state index in [9.17, 15) is 19.2 Å². The number of carboxylic acids is 2. The van der Waals surface area contributed by atoms with Gasteiger partial charge in [-0.05, 0) is 47.5 Å². The zero-order valence-electron chi connectivity index (χ0n) is 21.3. The number of ketones is 1. The van der Waals surface area contributed by atoms with Crippen LogP contribution in [0.15, 0.2) is 72.8 Å². The normalized spacial score (nSPS) is 10.6. The van der Waals surface area contributed by atoms with Gasteiger partial charge >= 0.3 is 17.9 Å². The molecule has 0 bridgehead atoms. The van der Waals surface area contributed by atoms with Gasteiger partial charge in [0.2, 0.25) is 0 Å². The minimum absolute atomic E-state index is 0.123. The summed E-state index contributed by atoms with van der Waals surface area (Å²) in [5.74, 6) is -3.48. The Labute approximate surface area is 229 Å². The lowest BCUT2D eigenvalue weighted by Crippen LogP contribution is -2.16. The smallest absolute Gasteiger partial charge is 0.342 e. The molecule has 0 aromatic heterocycles. The first-order valence-electron chi connectivity index (χ1n) is 12.0. The molecular weight excluding hydrogens is 522 g/mol. The number of allylic oxidation sites excluding steroid dienone is 1. The lowest BCUT2D eigenvalue weighted by Gasteiger charge is -2.13. The van der Waals surface area contributed by atoms with Crippen LogP contribution in [0.2, 0.25) is 0 Å². The molecule has 3 aromatic carbocycles. The number of ether oxygens (including phenoxy) is 4. The van der Waals surface area contributed by atoms with Gasteiger partial charge < -0.3 is 34.9 Å². The van der Waals surface area contributed by atoms with Crippen LogP contribution >= 0.6 is 0 Å². The molecule has 0 spiro atoms. The van der Waals surface area contributed by atoms with Crippen molar-refractivity contribution in [3.8, 4) is 17.2 Å². The Morgan fingerprint density at radius 1 is 0.775 bits per heavy atom. The van der Waals surface area contributed by atoms with Gasteiger partial charge in [-0.1, -0.05) is 42.5 Å². The summed E-state index contributed by atoms with van der Waals surface area (Å²) in [4.78, 5) is 47.3.